The van der Waals surface area contributed by atoms with Crippen LogP contribution in [0.4, 0.5) is 0 Å². The molecular formula is C18H12N4S. The number of imidazole rings is 1. The molecule has 0 saturated heterocycles. The molecular weight excluding hydrogens is 304 g/mol. The van der Waals surface area contributed by atoms with Gasteiger partial charge in [0.25, 0.3) is 0 Å². The highest BCUT2D eigenvalue weighted by molar-refractivity contribution is 7.16. The topological polar surface area (TPSA) is 54.0 Å². The zero-order chi connectivity index (χ0) is 15.4. The van der Waals surface area contributed by atoms with Gasteiger partial charge < -0.3 is 0 Å². The number of benzene rings is 2. The summed E-state index contributed by atoms with van der Waals surface area (Å²) < 4.78 is 1.71. The van der Waals surface area contributed by atoms with Crippen molar-refractivity contribution in [3.05, 3.63) is 53.2 Å². The normalized spacial score (nSPS) is 14.4. The van der Waals surface area contributed by atoms with E-state index in [-0.39, 0.29) is 0 Å². The number of rotatable bonds is 2. The molecule has 0 aliphatic heterocycles. The van der Waals surface area contributed by atoms with E-state index in [4.69, 9.17) is 0 Å². The minimum absolute atomic E-state index is 0.526. The van der Waals surface area contributed by atoms with Crippen molar-refractivity contribution in [2.45, 2.75) is 18.8 Å². The van der Waals surface area contributed by atoms with Crippen LogP contribution < -0.4 is 0 Å². The maximum absolute atomic E-state index is 9.60. The molecule has 2 heterocycles. The summed E-state index contributed by atoms with van der Waals surface area (Å²) in [5.74, 6) is 0.581. The summed E-state index contributed by atoms with van der Waals surface area (Å²) >= 11 is 1.61. The van der Waals surface area contributed by atoms with Gasteiger partial charge in [-0.2, -0.15) is 14.9 Å². The number of aromatic nitrogens is 3. The summed E-state index contributed by atoms with van der Waals surface area (Å²) in [4.78, 5) is 5.50. The van der Waals surface area contributed by atoms with E-state index in [1.54, 1.807) is 15.9 Å². The van der Waals surface area contributed by atoms with E-state index in [1.165, 1.54) is 18.2 Å². The minimum Gasteiger partial charge on any atom is -0.216 e. The quantitative estimate of drug-likeness (QED) is 0.552. The van der Waals surface area contributed by atoms with E-state index in [9.17, 15) is 5.26 Å². The van der Waals surface area contributed by atoms with E-state index >= 15 is 0 Å². The fourth-order valence-electron chi connectivity index (χ4n) is 2.90. The van der Waals surface area contributed by atoms with Crippen LogP contribution in [0.2, 0.25) is 0 Å². The predicted octanol–water partition coefficient (Wildman–Crippen LogP) is 4.36. The van der Waals surface area contributed by atoms with Crippen LogP contribution in [0, 0.1) is 11.3 Å². The fraction of sp³-hybridized carbons (Fsp3) is 0.167. The summed E-state index contributed by atoms with van der Waals surface area (Å²) in [6, 6.07) is 16.7. The number of nitrogens with zero attached hydrogens (tertiary/aromatic N) is 4. The molecule has 1 saturated carbocycles. The van der Waals surface area contributed by atoms with Gasteiger partial charge in [0, 0.05) is 11.5 Å². The molecule has 0 unspecified atom stereocenters. The molecule has 23 heavy (non-hydrogen) atoms. The fourth-order valence-corrected chi connectivity index (χ4v) is 3.96. The third-order valence-corrected chi connectivity index (χ3v) is 5.35. The summed E-state index contributed by atoms with van der Waals surface area (Å²) in [6.45, 7) is 0. The first-order valence-corrected chi connectivity index (χ1v) is 8.44. The Morgan fingerprint density at radius 2 is 1.96 bits per heavy atom. The Labute approximate surface area is 136 Å². The highest BCUT2D eigenvalue weighted by Crippen LogP contribution is 2.42. The molecule has 5 rings (SSSR count). The Balaban J connectivity index is 1.71. The van der Waals surface area contributed by atoms with E-state index in [2.05, 4.69) is 40.4 Å². The first-order valence-electron chi connectivity index (χ1n) is 7.62. The molecule has 110 valence electrons. The van der Waals surface area contributed by atoms with Crippen molar-refractivity contribution in [2.24, 2.45) is 0 Å². The van der Waals surface area contributed by atoms with Crippen molar-refractivity contribution in [1.29, 1.82) is 5.26 Å². The lowest BCUT2D eigenvalue weighted by molar-refractivity contribution is 0.893. The molecule has 2 aromatic heterocycles. The molecule has 4 aromatic rings. The lowest BCUT2D eigenvalue weighted by atomic mass is 10.0. The van der Waals surface area contributed by atoms with Gasteiger partial charge in [0.1, 0.15) is 16.8 Å². The van der Waals surface area contributed by atoms with Crippen LogP contribution in [0.1, 0.15) is 29.5 Å². The standard InChI is InChI=1S/C18H12N4S/c19-10-15-16(14-8-5-11-3-1-2-4-13(11)9-14)20-18-22(15)21-17(23-18)12-6-7-12/h1-5,8-9,12H,6-7H2. The molecule has 0 radical (unpaired) electrons. The average Bonchev–Trinajstić information content (AvgIpc) is 3.26. The molecule has 1 aliphatic carbocycles. The molecule has 0 atom stereocenters. The summed E-state index contributed by atoms with van der Waals surface area (Å²) in [6.07, 6.45) is 2.41. The maximum Gasteiger partial charge on any atom is 0.214 e. The molecule has 0 N–H and O–H groups in total. The zero-order valence-electron chi connectivity index (χ0n) is 12.2. The third kappa shape index (κ3) is 1.96. The molecule has 5 heteroatoms. The van der Waals surface area contributed by atoms with Crippen molar-refractivity contribution in [3.63, 3.8) is 0 Å². The van der Waals surface area contributed by atoms with Crippen LogP contribution in [0.15, 0.2) is 42.5 Å². The highest BCUT2D eigenvalue weighted by atomic mass is 32.1. The van der Waals surface area contributed by atoms with Gasteiger partial charge in [-0.15, -0.1) is 0 Å². The second-order valence-electron chi connectivity index (χ2n) is 5.89. The highest BCUT2D eigenvalue weighted by Gasteiger charge is 2.29. The van der Waals surface area contributed by atoms with E-state index in [0.29, 0.717) is 11.6 Å². The molecule has 1 aliphatic rings. The van der Waals surface area contributed by atoms with Gasteiger partial charge >= 0.3 is 0 Å². The lowest BCUT2D eigenvalue weighted by Gasteiger charge is -2.01. The van der Waals surface area contributed by atoms with Gasteiger partial charge in [-0.05, 0) is 29.7 Å². The maximum atomic E-state index is 9.60. The molecule has 1 fully saturated rings. The van der Waals surface area contributed by atoms with E-state index < -0.39 is 0 Å². The van der Waals surface area contributed by atoms with E-state index in [1.807, 2.05) is 18.2 Å². The Morgan fingerprint density at radius 1 is 1.13 bits per heavy atom. The van der Waals surface area contributed by atoms with Crippen LogP contribution in [0.25, 0.3) is 27.0 Å². The second kappa shape index (κ2) is 4.64. The van der Waals surface area contributed by atoms with Gasteiger partial charge in [0.2, 0.25) is 4.96 Å². The van der Waals surface area contributed by atoms with Gasteiger partial charge in [0.05, 0.1) is 0 Å². The van der Waals surface area contributed by atoms with Gasteiger partial charge in [0.15, 0.2) is 5.69 Å². The summed E-state index contributed by atoms with van der Waals surface area (Å²) in [5.41, 5.74) is 2.21. The van der Waals surface area contributed by atoms with Crippen molar-refractivity contribution >= 4 is 27.1 Å². The van der Waals surface area contributed by atoms with Gasteiger partial charge in [-0.3, -0.25) is 0 Å². The molecule has 4 nitrogen and oxygen atoms in total. The first kappa shape index (κ1) is 12.8. The molecule has 2 aromatic carbocycles. The molecule has 0 bridgehead atoms. The zero-order valence-corrected chi connectivity index (χ0v) is 13.0. The van der Waals surface area contributed by atoms with Crippen molar-refractivity contribution in [2.75, 3.05) is 0 Å². The van der Waals surface area contributed by atoms with Crippen LogP contribution in [0.3, 0.4) is 0 Å². The summed E-state index contributed by atoms with van der Waals surface area (Å²) in [7, 11) is 0. The smallest absolute Gasteiger partial charge is 0.214 e. The SMILES string of the molecule is N#Cc1c(-c2ccc3ccccc3c2)nc2sc(C3CC3)nn12. The summed E-state index contributed by atoms with van der Waals surface area (Å²) in [5, 5.41) is 17.6. The van der Waals surface area contributed by atoms with Crippen LogP contribution in [-0.4, -0.2) is 14.6 Å². The first-order chi connectivity index (χ1) is 11.3. The average molecular weight is 316 g/mol. The van der Waals surface area contributed by atoms with Gasteiger partial charge in [-0.25, -0.2) is 4.98 Å². The number of nitriles is 1. The van der Waals surface area contributed by atoms with Gasteiger partial charge in [-0.1, -0.05) is 47.7 Å². The Morgan fingerprint density at radius 3 is 2.74 bits per heavy atom. The Hall–Kier alpha value is -2.71. The monoisotopic (exact) mass is 316 g/mol. The van der Waals surface area contributed by atoms with Crippen LogP contribution in [0.5, 0.6) is 0 Å². The van der Waals surface area contributed by atoms with Crippen molar-refractivity contribution in [1.82, 2.24) is 14.6 Å². The lowest BCUT2D eigenvalue weighted by Crippen LogP contribution is -1.92. The third-order valence-electron chi connectivity index (χ3n) is 4.27. The predicted molar refractivity (Wildman–Crippen MR) is 90.5 cm³/mol. The largest absolute Gasteiger partial charge is 0.216 e. The number of hydrogen-bond donors (Lipinski definition) is 0. The van der Waals surface area contributed by atoms with Crippen molar-refractivity contribution < 1.29 is 0 Å². The molecule has 0 spiro atoms. The van der Waals surface area contributed by atoms with E-state index in [0.717, 1.165) is 26.6 Å². The minimum atomic E-state index is 0.526. The number of hydrogen-bond acceptors (Lipinski definition) is 4. The Bertz CT molecular complexity index is 1100. The second-order valence-corrected chi connectivity index (χ2v) is 6.88. The Kier molecular flexibility index (Phi) is 2.58. The van der Waals surface area contributed by atoms with Crippen LogP contribution in [-0.2, 0) is 0 Å². The van der Waals surface area contributed by atoms with Crippen LogP contribution >= 0.6 is 11.3 Å². The van der Waals surface area contributed by atoms with Crippen molar-refractivity contribution in [3.8, 4) is 17.3 Å². The molecule has 0 amide bonds. The number of fused-ring (bicyclic) bond motifs is 2.